The lowest BCUT2D eigenvalue weighted by molar-refractivity contribution is -0.384. The Bertz CT molecular complexity index is 771. The van der Waals surface area contributed by atoms with Gasteiger partial charge in [-0.25, -0.2) is 0 Å². The topological polar surface area (TPSA) is 76.8 Å². The summed E-state index contributed by atoms with van der Waals surface area (Å²) in [4.78, 5) is 10.3. The zero-order valence-corrected chi connectivity index (χ0v) is 15.2. The lowest BCUT2D eigenvalue weighted by Crippen LogP contribution is -2.05. The monoisotopic (exact) mass is 381 g/mol. The van der Waals surface area contributed by atoms with Gasteiger partial charge in [0.1, 0.15) is 0 Å². The zero-order valence-electron chi connectivity index (χ0n) is 13.7. The number of rotatable bonds is 7. The maximum Gasteiger partial charge on any atom is 0.271 e. The first kappa shape index (κ1) is 19.0. The number of non-ortho nitro benzene ring substituents is 1. The Morgan fingerprint density at radius 1 is 1.28 bits per heavy atom. The standard InChI is InChI=1S/C17H17Cl2N3O3/c1-11(2)10-25-17-15(18)6-12(7-16(17)19)9-20-21-13-4-3-5-14(8-13)22(23)24/h3-9,11,21H,10H2,1-2H3. The molecule has 0 heterocycles. The van der Waals surface area contributed by atoms with Gasteiger partial charge in [-0.3, -0.25) is 15.5 Å². The summed E-state index contributed by atoms with van der Waals surface area (Å²) in [7, 11) is 0. The first-order valence-electron chi connectivity index (χ1n) is 7.52. The van der Waals surface area contributed by atoms with Crippen LogP contribution in [0.3, 0.4) is 0 Å². The van der Waals surface area contributed by atoms with Gasteiger partial charge in [-0.05, 0) is 29.7 Å². The van der Waals surface area contributed by atoms with Crippen molar-refractivity contribution in [2.75, 3.05) is 12.0 Å². The SMILES string of the molecule is CC(C)COc1c(Cl)cc(C=NNc2cccc([N+](=O)[O-])c2)cc1Cl. The molecule has 8 heteroatoms. The number of nitrogens with zero attached hydrogens (tertiary/aromatic N) is 2. The van der Waals surface area contributed by atoms with E-state index in [1.54, 1.807) is 24.3 Å². The van der Waals surface area contributed by atoms with Gasteiger partial charge >= 0.3 is 0 Å². The van der Waals surface area contributed by atoms with Crippen LogP contribution < -0.4 is 10.2 Å². The van der Waals surface area contributed by atoms with Crippen LogP contribution in [0.15, 0.2) is 41.5 Å². The molecule has 0 unspecified atom stereocenters. The summed E-state index contributed by atoms with van der Waals surface area (Å²) >= 11 is 12.4. The molecule has 0 amide bonds. The maximum absolute atomic E-state index is 10.7. The summed E-state index contributed by atoms with van der Waals surface area (Å²) in [6.07, 6.45) is 1.52. The molecule has 0 aromatic heterocycles. The van der Waals surface area contributed by atoms with E-state index >= 15 is 0 Å². The summed E-state index contributed by atoms with van der Waals surface area (Å²) in [5, 5.41) is 15.6. The molecule has 2 aromatic carbocycles. The minimum atomic E-state index is -0.468. The highest BCUT2D eigenvalue weighted by molar-refractivity contribution is 6.37. The van der Waals surface area contributed by atoms with Crippen molar-refractivity contribution in [3.63, 3.8) is 0 Å². The van der Waals surface area contributed by atoms with Crippen LogP contribution in [0.4, 0.5) is 11.4 Å². The van der Waals surface area contributed by atoms with E-state index in [1.807, 2.05) is 13.8 Å². The number of hydrogen-bond donors (Lipinski definition) is 1. The van der Waals surface area contributed by atoms with E-state index in [0.29, 0.717) is 39.6 Å². The largest absolute Gasteiger partial charge is 0.490 e. The second kappa shape index (κ2) is 8.69. The van der Waals surface area contributed by atoms with E-state index in [0.717, 1.165) is 0 Å². The quantitative estimate of drug-likeness (QED) is 0.396. The van der Waals surface area contributed by atoms with Crippen LogP contribution >= 0.6 is 23.2 Å². The third kappa shape index (κ3) is 5.62. The molecule has 0 saturated heterocycles. The Labute approximate surface area is 155 Å². The fourth-order valence-electron chi connectivity index (χ4n) is 1.91. The number of nitrogens with one attached hydrogen (secondary N) is 1. The fourth-order valence-corrected chi connectivity index (χ4v) is 2.53. The Hall–Kier alpha value is -2.31. The molecule has 0 saturated carbocycles. The summed E-state index contributed by atoms with van der Waals surface area (Å²) in [5.74, 6) is 0.799. The minimum Gasteiger partial charge on any atom is -0.490 e. The van der Waals surface area contributed by atoms with Gasteiger partial charge < -0.3 is 4.74 Å². The third-order valence-electron chi connectivity index (χ3n) is 3.05. The Morgan fingerprint density at radius 3 is 2.56 bits per heavy atom. The molecule has 0 aliphatic heterocycles. The highest BCUT2D eigenvalue weighted by Crippen LogP contribution is 2.34. The molecule has 0 atom stereocenters. The molecule has 0 fully saturated rings. The van der Waals surface area contributed by atoms with Crippen LogP contribution in [0.1, 0.15) is 19.4 Å². The highest BCUT2D eigenvalue weighted by Gasteiger charge is 2.10. The number of halogens is 2. The lowest BCUT2D eigenvalue weighted by atomic mass is 10.2. The van der Waals surface area contributed by atoms with Crippen LogP contribution in [0, 0.1) is 16.0 Å². The average molecular weight is 382 g/mol. The molecule has 25 heavy (non-hydrogen) atoms. The van der Waals surface area contributed by atoms with E-state index in [2.05, 4.69) is 10.5 Å². The van der Waals surface area contributed by atoms with E-state index in [4.69, 9.17) is 27.9 Å². The summed E-state index contributed by atoms with van der Waals surface area (Å²) in [5.41, 5.74) is 3.88. The van der Waals surface area contributed by atoms with E-state index in [-0.39, 0.29) is 5.69 Å². The molecule has 0 spiro atoms. The van der Waals surface area contributed by atoms with Crippen molar-refractivity contribution >= 4 is 40.8 Å². The number of nitro benzene ring substituents is 1. The molecule has 1 N–H and O–H groups in total. The first-order valence-corrected chi connectivity index (χ1v) is 8.27. The highest BCUT2D eigenvalue weighted by atomic mass is 35.5. The molecular formula is C17H17Cl2N3O3. The zero-order chi connectivity index (χ0) is 18.4. The van der Waals surface area contributed by atoms with Gasteiger partial charge in [0.15, 0.2) is 5.75 Å². The number of hydrogen-bond acceptors (Lipinski definition) is 5. The average Bonchev–Trinajstić information content (AvgIpc) is 2.54. The molecule has 6 nitrogen and oxygen atoms in total. The summed E-state index contributed by atoms with van der Waals surface area (Å²) in [6.45, 7) is 4.58. The number of ether oxygens (including phenoxy) is 1. The van der Waals surface area contributed by atoms with E-state index < -0.39 is 4.92 Å². The Morgan fingerprint density at radius 2 is 1.96 bits per heavy atom. The van der Waals surface area contributed by atoms with Gasteiger partial charge in [0, 0.05) is 12.1 Å². The third-order valence-corrected chi connectivity index (χ3v) is 3.61. The summed E-state index contributed by atoms with van der Waals surface area (Å²) in [6, 6.07) is 9.41. The predicted octanol–water partition coefficient (Wildman–Crippen LogP) is 5.38. The van der Waals surface area contributed by atoms with Gasteiger partial charge in [0.25, 0.3) is 5.69 Å². The second-order valence-corrected chi connectivity index (χ2v) is 6.51. The van der Waals surface area contributed by atoms with Crippen molar-refractivity contribution in [2.45, 2.75) is 13.8 Å². The molecule has 0 radical (unpaired) electrons. The van der Waals surface area contributed by atoms with Crippen molar-refractivity contribution in [3.8, 4) is 5.75 Å². The van der Waals surface area contributed by atoms with Crippen molar-refractivity contribution in [1.82, 2.24) is 0 Å². The van der Waals surface area contributed by atoms with Crippen LogP contribution in [0.25, 0.3) is 0 Å². The second-order valence-electron chi connectivity index (χ2n) is 5.70. The van der Waals surface area contributed by atoms with E-state index in [9.17, 15) is 10.1 Å². The van der Waals surface area contributed by atoms with Gasteiger partial charge in [-0.15, -0.1) is 0 Å². The minimum absolute atomic E-state index is 0.0158. The van der Waals surface area contributed by atoms with Gasteiger partial charge in [0.05, 0.1) is 33.5 Å². The molecule has 2 rings (SSSR count). The summed E-state index contributed by atoms with van der Waals surface area (Å²) < 4.78 is 5.61. The molecule has 0 bridgehead atoms. The van der Waals surface area contributed by atoms with Crippen molar-refractivity contribution in [2.24, 2.45) is 11.0 Å². The van der Waals surface area contributed by atoms with Gasteiger partial charge in [-0.2, -0.15) is 5.10 Å². The number of hydrazone groups is 1. The van der Waals surface area contributed by atoms with Crippen LogP contribution in [-0.4, -0.2) is 17.7 Å². The van der Waals surface area contributed by atoms with Crippen molar-refractivity contribution < 1.29 is 9.66 Å². The molecule has 132 valence electrons. The van der Waals surface area contributed by atoms with Crippen LogP contribution in [-0.2, 0) is 0 Å². The number of anilines is 1. The van der Waals surface area contributed by atoms with Crippen LogP contribution in [0.5, 0.6) is 5.75 Å². The number of nitro groups is 1. The Kier molecular flexibility index (Phi) is 6.61. The van der Waals surface area contributed by atoms with Gasteiger partial charge in [0.2, 0.25) is 0 Å². The predicted molar refractivity (Wildman–Crippen MR) is 101 cm³/mol. The molecule has 2 aromatic rings. The van der Waals surface area contributed by atoms with E-state index in [1.165, 1.54) is 18.3 Å². The van der Waals surface area contributed by atoms with Crippen molar-refractivity contribution in [3.05, 3.63) is 62.1 Å². The Balaban J connectivity index is 2.08. The lowest BCUT2D eigenvalue weighted by Gasteiger charge is -2.12. The molecule has 0 aliphatic rings. The van der Waals surface area contributed by atoms with Crippen molar-refractivity contribution in [1.29, 1.82) is 0 Å². The molecular weight excluding hydrogens is 365 g/mol. The van der Waals surface area contributed by atoms with Gasteiger partial charge in [-0.1, -0.05) is 43.1 Å². The fraction of sp³-hybridized carbons (Fsp3) is 0.235. The van der Waals surface area contributed by atoms with Crippen LogP contribution in [0.2, 0.25) is 10.0 Å². The normalized spacial score (nSPS) is 11.1. The number of benzene rings is 2. The first-order chi connectivity index (χ1) is 11.9. The smallest absolute Gasteiger partial charge is 0.271 e. The molecule has 0 aliphatic carbocycles. The maximum atomic E-state index is 10.7.